The summed E-state index contributed by atoms with van der Waals surface area (Å²) in [6.07, 6.45) is 3.03. The highest BCUT2D eigenvalue weighted by Gasteiger charge is 2.35. The van der Waals surface area contributed by atoms with E-state index in [9.17, 15) is 9.59 Å². The van der Waals surface area contributed by atoms with Gasteiger partial charge in [-0.2, -0.15) is 0 Å². The van der Waals surface area contributed by atoms with Crippen molar-refractivity contribution in [3.05, 3.63) is 28.2 Å². The summed E-state index contributed by atoms with van der Waals surface area (Å²) in [5.74, 6) is -0.701. The molecule has 0 heterocycles. The highest BCUT2D eigenvalue weighted by atomic mass is 35.5. The first-order chi connectivity index (χ1) is 10.3. The molecule has 0 atom stereocenters. The third-order valence-electron chi connectivity index (χ3n) is 3.32. The van der Waals surface area contributed by atoms with Crippen LogP contribution in [0.3, 0.4) is 0 Å². The number of hydrogen-bond acceptors (Lipinski definition) is 2. The Morgan fingerprint density at radius 2 is 1.64 bits per heavy atom. The fourth-order valence-electron chi connectivity index (χ4n) is 1.81. The number of anilines is 1. The van der Waals surface area contributed by atoms with E-state index >= 15 is 0 Å². The van der Waals surface area contributed by atoms with Crippen molar-refractivity contribution in [3.8, 4) is 0 Å². The van der Waals surface area contributed by atoms with Gasteiger partial charge in [0.1, 0.15) is 5.41 Å². The number of rotatable bonds is 7. The van der Waals surface area contributed by atoms with Crippen LogP contribution >= 0.6 is 23.2 Å². The third kappa shape index (κ3) is 5.50. The van der Waals surface area contributed by atoms with Crippen LogP contribution in [0.1, 0.15) is 40.0 Å². The molecule has 4 nitrogen and oxygen atoms in total. The largest absolute Gasteiger partial charge is 0.355 e. The van der Waals surface area contributed by atoms with E-state index in [-0.39, 0.29) is 5.91 Å². The summed E-state index contributed by atoms with van der Waals surface area (Å²) in [6.45, 7) is 5.84. The Morgan fingerprint density at radius 1 is 1.05 bits per heavy atom. The Kier molecular flexibility index (Phi) is 7.17. The lowest BCUT2D eigenvalue weighted by Gasteiger charge is -2.23. The average Bonchev–Trinajstić information content (AvgIpc) is 2.42. The molecular formula is C16H22Cl2N2O2. The first-order valence-electron chi connectivity index (χ1n) is 7.33. The van der Waals surface area contributed by atoms with Crippen molar-refractivity contribution in [2.24, 2.45) is 5.41 Å². The second-order valence-corrected chi connectivity index (χ2v) is 6.57. The lowest BCUT2D eigenvalue weighted by atomic mass is 9.91. The van der Waals surface area contributed by atoms with Gasteiger partial charge in [0.15, 0.2) is 0 Å². The fraction of sp³-hybridized carbons (Fsp3) is 0.500. The summed E-state index contributed by atoms with van der Waals surface area (Å²) in [5.41, 5.74) is -0.713. The van der Waals surface area contributed by atoms with Crippen molar-refractivity contribution < 1.29 is 9.59 Å². The van der Waals surface area contributed by atoms with Crippen molar-refractivity contribution in [2.75, 3.05) is 11.9 Å². The van der Waals surface area contributed by atoms with Gasteiger partial charge >= 0.3 is 0 Å². The molecule has 2 N–H and O–H groups in total. The van der Waals surface area contributed by atoms with Crippen LogP contribution in [0.4, 0.5) is 5.69 Å². The van der Waals surface area contributed by atoms with Gasteiger partial charge in [-0.25, -0.2) is 0 Å². The van der Waals surface area contributed by atoms with E-state index in [0.29, 0.717) is 22.3 Å². The maximum atomic E-state index is 12.3. The number of unbranched alkanes of at least 4 members (excludes halogenated alkanes) is 2. The number of benzene rings is 1. The van der Waals surface area contributed by atoms with Gasteiger partial charge in [-0.1, -0.05) is 43.0 Å². The average molecular weight is 345 g/mol. The minimum absolute atomic E-state index is 0.297. The molecule has 0 aromatic heterocycles. The maximum Gasteiger partial charge on any atom is 0.239 e. The van der Waals surface area contributed by atoms with Crippen LogP contribution in [0.25, 0.3) is 0 Å². The first kappa shape index (κ1) is 18.8. The van der Waals surface area contributed by atoms with Gasteiger partial charge in [0, 0.05) is 22.3 Å². The molecule has 0 saturated heterocycles. The number of carbonyl (C=O) groups is 2. The van der Waals surface area contributed by atoms with Crippen LogP contribution in [-0.2, 0) is 9.59 Å². The van der Waals surface area contributed by atoms with E-state index in [2.05, 4.69) is 17.6 Å². The molecule has 1 aromatic carbocycles. The SMILES string of the molecule is CCCCCNC(=O)C(C)(C)C(=O)Nc1cc(Cl)cc(Cl)c1. The molecule has 0 aliphatic rings. The van der Waals surface area contributed by atoms with Crippen molar-refractivity contribution >= 4 is 40.7 Å². The quantitative estimate of drug-likeness (QED) is 0.573. The normalized spacial score (nSPS) is 11.1. The molecule has 122 valence electrons. The fourth-order valence-corrected chi connectivity index (χ4v) is 2.34. The highest BCUT2D eigenvalue weighted by Crippen LogP contribution is 2.25. The molecular weight excluding hydrogens is 323 g/mol. The monoisotopic (exact) mass is 344 g/mol. The molecule has 0 aliphatic heterocycles. The summed E-state index contributed by atoms with van der Waals surface area (Å²) < 4.78 is 0. The predicted molar refractivity (Wildman–Crippen MR) is 91.4 cm³/mol. The molecule has 1 rings (SSSR count). The van der Waals surface area contributed by atoms with Crippen LogP contribution < -0.4 is 10.6 Å². The Hall–Kier alpha value is -1.26. The van der Waals surface area contributed by atoms with Gasteiger partial charge in [0.05, 0.1) is 0 Å². The van der Waals surface area contributed by atoms with Crippen LogP contribution in [0.5, 0.6) is 0 Å². The minimum Gasteiger partial charge on any atom is -0.355 e. The van der Waals surface area contributed by atoms with E-state index in [1.807, 2.05) is 0 Å². The standard InChI is InChI=1S/C16H22Cl2N2O2/c1-4-5-6-7-19-14(21)16(2,3)15(22)20-13-9-11(17)8-12(18)10-13/h8-10H,4-7H2,1-3H3,(H,19,21)(H,20,22). The summed E-state index contributed by atoms with van der Waals surface area (Å²) in [6, 6.07) is 4.74. The van der Waals surface area contributed by atoms with Gasteiger partial charge in [-0.3, -0.25) is 9.59 Å². The second kappa shape index (κ2) is 8.39. The summed E-state index contributed by atoms with van der Waals surface area (Å²) in [4.78, 5) is 24.5. The van der Waals surface area contributed by atoms with E-state index in [4.69, 9.17) is 23.2 Å². The molecule has 0 spiro atoms. The van der Waals surface area contributed by atoms with E-state index < -0.39 is 11.3 Å². The lowest BCUT2D eigenvalue weighted by Crippen LogP contribution is -2.45. The molecule has 22 heavy (non-hydrogen) atoms. The number of hydrogen-bond donors (Lipinski definition) is 2. The molecule has 1 aromatic rings. The smallest absolute Gasteiger partial charge is 0.239 e. The Balaban J connectivity index is 2.67. The van der Waals surface area contributed by atoms with Crippen molar-refractivity contribution in [3.63, 3.8) is 0 Å². The van der Waals surface area contributed by atoms with Crippen molar-refractivity contribution in [1.29, 1.82) is 0 Å². The van der Waals surface area contributed by atoms with Crippen molar-refractivity contribution in [1.82, 2.24) is 5.32 Å². The molecule has 6 heteroatoms. The minimum atomic E-state index is -1.18. The molecule has 0 saturated carbocycles. The van der Waals surface area contributed by atoms with Crippen molar-refractivity contribution in [2.45, 2.75) is 40.0 Å². The van der Waals surface area contributed by atoms with E-state index in [1.54, 1.807) is 32.0 Å². The molecule has 2 amide bonds. The Morgan fingerprint density at radius 3 is 2.18 bits per heavy atom. The number of amides is 2. The zero-order chi connectivity index (χ0) is 16.8. The summed E-state index contributed by atoms with van der Waals surface area (Å²) in [5, 5.41) is 6.31. The van der Waals surface area contributed by atoms with Crippen LogP contribution in [0.15, 0.2) is 18.2 Å². The number of halogens is 2. The predicted octanol–water partition coefficient (Wildman–Crippen LogP) is 4.26. The molecule has 0 aliphatic carbocycles. The second-order valence-electron chi connectivity index (χ2n) is 5.70. The van der Waals surface area contributed by atoms with Gasteiger partial charge in [0.25, 0.3) is 0 Å². The summed E-state index contributed by atoms with van der Waals surface area (Å²) >= 11 is 11.8. The number of nitrogens with one attached hydrogen (secondary N) is 2. The third-order valence-corrected chi connectivity index (χ3v) is 3.76. The Bertz CT molecular complexity index is 525. The number of carbonyl (C=O) groups excluding carboxylic acids is 2. The first-order valence-corrected chi connectivity index (χ1v) is 8.08. The van der Waals surface area contributed by atoms with E-state index in [0.717, 1.165) is 19.3 Å². The maximum absolute atomic E-state index is 12.3. The van der Waals surface area contributed by atoms with Crippen LogP contribution in [0, 0.1) is 5.41 Å². The Labute approximate surface area is 141 Å². The lowest BCUT2D eigenvalue weighted by molar-refractivity contribution is -0.138. The molecule has 0 bridgehead atoms. The van der Waals surface area contributed by atoms with Gasteiger partial charge in [0.2, 0.25) is 11.8 Å². The van der Waals surface area contributed by atoms with E-state index in [1.165, 1.54) is 0 Å². The zero-order valence-corrected chi connectivity index (χ0v) is 14.6. The van der Waals surface area contributed by atoms with Gasteiger partial charge < -0.3 is 10.6 Å². The molecule has 0 fully saturated rings. The zero-order valence-electron chi connectivity index (χ0n) is 13.1. The highest BCUT2D eigenvalue weighted by molar-refractivity contribution is 6.35. The van der Waals surface area contributed by atoms with Crippen LogP contribution in [0.2, 0.25) is 10.0 Å². The van der Waals surface area contributed by atoms with Gasteiger partial charge in [-0.15, -0.1) is 0 Å². The molecule has 0 radical (unpaired) electrons. The van der Waals surface area contributed by atoms with Gasteiger partial charge in [-0.05, 0) is 38.5 Å². The topological polar surface area (TPSA) is 58.2 Å². The van der Waals surface area contributed by atoms with Crippen LogP contribution in [-0.4, -0.2) is 18.4 Å². The molecule has 0 unspecified atom stereocenters. The summed E-state index contributed by atoms with van der Waals surface area (Å²) in [7, 11) is 0.